The van der Waals surface area contributed by atoms with Crippen molar-refractivity contribution in [1.82, 2.24) is 4.90 Å². The Bertz CT molecular complexity index is 487. The topological polar surface area (TPSA) is 55.8 Å². The number of esters is 1. The first kappa shape index (κ1) is 14.6. The van der Waals surface area contributed by atoms with E-state index in [9.17, 15) is 9.59 Å². The van der Waals surface area contributed by atoms with Crippen LogP contribution in [0, 0.1) is 11.8 Å². The van der Waals surface area contributed by atoms with Crippen LogP contribution in [0.4, 0.5) is 0 Å². The number of amides is 1. The fraction of sp³-hybridized carbons (Fsp3) is 0.750. The van der Waals surface area contributed by atoms with Crippen molar-refractivity contribution in [3.8, 4) is 0 Å². The van der Waals surface area contributed by atoms with E-state index in [1.165, 1.54) is 0 Å². The van der Waals surface area contributed by atoms with Crippen LogP contribution in [0.25, 0.3) is 0 Å². The zero-order chi connectivity index (χ0) is 15.2. The molecule has 21 heavy (non-hydrogen) atoms. The lowest BCUT2D eigenvalue weighted by Gasteiger charge is -2.23. The van der Waals surface area contributed by atoms with E-state index in [1.54, 1.807) is 0 Å². The van der Waals surface area contributed by atoms with Crippen LogP contribution in [-0.2, 0) is 19.1 Å². The highest BCUT2D eigenvalue weighted by molar-refractivity contribution is 5.91. The first-order valence-corrected chi connectivity index (χ1v) is 7.85. The van der Waals surface area contributed by atoms with Crippen molar-refractivity contribution in [2.24, 2.45) is 11.8 Å². The molecule has 3 rings (SSSR count). The van der Waals surface area contributed by atoms with Gasteiger partial charge in [-0.25, -0.2) is 0 Å². The number of nitrogens with zero attached hydrogens (tertiary/aromatic N) is 1. The summed E-state index contributed by atoms with van der Waals surface area (Å²) in [5, 5.41) is 0. The van der Waals surface area contributed by atoms with E-state index in [4.69, 9.17) is 9.47 Å². The molecule has 0 saturated carbocycles. The van der Waals surface area contributed by atoms with Gasteiger partial charge in [-0.2, -0.15) is 0 Å². The molecule has 2 fully saturated rings. The molecule has 1 spiro atoms. The quantitative estimate of drug-likeness (QED) is 0.569. The molecule has 3 aliphatic heterocycles. The maximum absolute atomic E-state index is 12.7. The van der Waals surface area contributed by atoms with Gasteiger partial charge in [0.1, 0.15) is 11.5 Å². The summed E-state index contributed by atoms with van der Waals surface area (Å²) in [6.07, 6.45) is 5.43. The summed E-state index contributed by atoms with van der Waals surface area (Å²) in [6, 6.07) is 0. The first-order chi connectivity index (χ1) is 9.98. The Morgan fingerprint density at radius 1 is 1.57 bits per heavy atom. The van der Waals surface area contributed by atoms with E-state index in [-0.39, 0.29) is 24.1 Å². The van der Waals surface area contributed by atoms with Crippen molar-refractivity contribution in [3.05, 3.63) is 12.2 Å². The highest BCUT2D eigenvalue weighted by Gasteiger charge is 2.67. The summed E-state index contributed by atoms with van der Waals surface area (Å²) in [7, 11) is 0. The SMILES string of the molecule is CCCCN1C[C@@]23C=C[C@H](O2)[C@@H](C(=O)OC(C)C)[C@H]3C1=O. The Balaban J connectivity index is 1.82. The Morgan fingerprint density at radius 3 is 3.00 bits per heavy atom. The minimum Gasteiger partial charge on any atom is -0.463 e. The van der Waals surface area contributed by atoms with Gasteiger partial charge in [0.15, 0.2) is 0 Å². The lowest BCUT2D eigenvalue weighted by molar-refractivity contribution is -0.157. The van der Waals surface area contributed by atoms with Crippen molar-refractivity contribution in [3.63, 3.8) is 0 Å². The zero-order valence-electron chi connectivity index (χ0n) is 12.9. The number of hydrogen-bond acceptors (Lipinski definition) is 4. The Morgan fingerprint density at radius 2 is 2.33 bits per heavy atom. The zero-order valence-corrected chi connectivity index (χ0v) is 12.9. The van der Waals surface area contributed by atoms with Gasteiger partial charge in [0, 0.05) is 6.54 Å². The maximum Gasteiger partial charge on any atom is 0.313 e. The highest BCUT2D eigenvalue weighted by Crippen LogP contribution is 2.52. The molecule has 5 nitrogen and oxygen atoms in total. The lowest BCUT2D eigenvalue weighted by Crippen LogP contribution is -2.40. The van der Waals surface area contributed by atoms with Gasteiger partial charge in [-0.05, 0) is 20.3 Å². The van der Waals surface area contributed by atoms with Gasteiger partial charge in [0.25, 0.3) is 0 Å². The number of carbonyl (C=O) groups excluding carboxylic acids is 2. The van der Waals surface area contributed by atoms with Crippen molar-refractivity contribution >= 4 is 11.9 Å². The third-order valence-corrected chi connectivity index (χ3v) is 4.58. The Hall–Kier alpha value is -1.36. The van der Waals surface area contributed by atoms with E-state index in [0.29, 0.717) is 6.54 Å². The molecule has 0 N–H and O–H groups in total. The Kier molecular flexibility index (Phi) is 3.56. The van der Waals surface area contributed by atoms with E-state index >= 15 is 0 Å². The lowest BCUT2D eigenvalue weighted by atomic mass is 9.77. The molecule has 116 valence electrons. The minimum atomic E-state index is -0.601. The standard InChI is InChI=1S/C16H23NO4/c1-4-5-8-17-9-16-7-6-11(21-16)12(13(16)14(17)18)15(19)20-10(2)3/h6-7,10-13H,4-5,8-9H2,1-3H3/t11-,12+,13-,16+/m0/s1. The van der Waals surface area contributed by atoms with Crippen molar-refractivity contribution in [1.29, 1.82) is 0 Å². The molecule has 5 heteroatoms. The molecule has 0 aromatic rings. The second-order valence-corrected chi connectivity index (χ2v) is 6.50. The van der Waals surface area contributed by atoms with Crippen LogP contribution in [0.1, 0.15) is 33.6 Å². The average molecular weight is 293 g/mol. The number of hydrogen-bond donors (Lipinski definition) is 0. The molecule has 0 aromatic carbocycles. The van der Waals surface area contributed by atoms with Gasteiger partial charge >= 0.3 is 5.97 Å². The van der Waals surface area contributed by atoms with Gasteiger partial charge in [-0.1, -0.05) is 25.5 Å². The highest BCUT2D eigenvalue weighted by atomic mass is 16.6. The summed E-state index contributed by atoms with van der Waals surface area (Å²) in [5.41, 5.74) is -0.601. The van der Waals surface area contributed by atoms with Crippen LogP contribution in [-0.4, -0.2) is 47.7 Å². The van der Waals surface area contributed by atoms with Gasteiger partial charge in [0.2, 0.25) is 5.91 Å². The van der Waals surface area contributed by atoms with E-state index in [1.807, 2.05) is 30.9 Å². The van der Waals surface area contributed by atoms with Gasteiger partial charge in [-0.15, -0.1) is 0 Å². The molecule has 3 heterocycles. The number of rotatable bonds is 5. The molecule has 2 saturated heterocycles. The molecule has 3 aliphatic rings. The third-order valence-electron chi connectivity index (χ3n) is 4.58. The number of likely N-dealkylation sites (tertiary alicyclic amines) is 1. The first-order valence-electron chi connectivity index (χ1n) is 7.85. The van der Waals surface area contributed by atoms with Crippen LogP contribution in [0.3, 0.4) is 0 Å². The maximum atomic E-state index is 12.7. The van der Waals surface area contributed by atoms with Crippen molar-refractivity contribution in [2.45, 2.75) is 51.4 Å². The molecule has 0 unspecified atom stereocenters. The predicted molar refractivity (Wildman–Crippen MR) is 76.4 cm³/mol. The Labute approximate surface area is 125 Å². The summed E-state index contributed by atoms with van der Waals surface area (Å²) < 4.78 is 11.3. The van der Waals surface area contributed by atoms with Crippen LogP contribution in [0.5, 0.6) is 0 Å². The third kappa shape index (κ3) is 2.18. The molecular formula is C16H23NO4. The fourth-order valence-electron chi connectivity index (χ4n) is 3.70. The normalized spacial score (nSPS) is 36.7. The largest absolute Gasteiger partial charge is 0.463 e. The summed E-state index contributed by atoms with van der Waals surface area (Å²) in [5.74, 6) is -1.16. The van der Waals surface area contributed by atoms with Crippen LogP contribution < -0.4 is 0 Å². The van der Waals surface area contributed by atoms with E-state index in [0.717, 1.165) is 19.4 Å². The van der Waals surface area contributed by atoms with Crippen molar-refractivity contribution < 1.29 is 19.1 Å². The van der Waals surface area contributed by atoms with Gasteiger partial charge in [-0.3, -0.25) is 9.59 Å². The summed E-state index contributed by atoms with van der Waals surface area (Å²) >= 11 is 0. The van der Waals surface area contributed by atoms with Gasteiger partial charge < -0.3 is 14.4 Å². The van der Waals surface area contributed by atoms with Crippen LogP contribution in [0.15, 0.2) is 12.2 Å². The summed E-state index contributed by atoms with van der Waals surface area (Å²) in [6.45, 7) is 7.05. The molecule has 0 aliphatic carbocycles. The molecule has 0 radical (unpaired) electrons. The number of carbonyl (C=O) groups is 2. The fourth-order valence-corrected chi connectivity index (χ4v) is 3.70. The molecule has 2 bridgehead atoms. The monoisotopic (exact) mass is 293 g/mol. The number of unbranched alkanes of at least 4 members (excludes halogenated alkanes) is 1. The second-order valence-electron chi connectivity index (χ2n) is 6.50. The second kappa shape index (κ2) is 5.13. The molecular weight excluding hydrogens is 270 g/mol. The van der Waals surface area contributed by atoms with Crippen LogP contribution >= 0.6 is 0 Å². The van der Waals surface area contributed by atoms with Crippen molar-refractivity contribution in [2.75, 3.05) is 13.1 Å². The van der Waals surface area contributed by atoms with E-state index < -0.39 is 17.4 Å². The minimum absolute atomic E-state index is 0.0426. The molecule has 4 atom stereocenters. The smallest absolute Gasteiger partial charge is 0.313 e. The van der Waals surface area contributed by atoms with Crippen LogP contribution in [0.2, 0.25) is 0 Å². The molecule has 0 aromatic heterocycles. The average Bonchev–Trinajstić information content (AvgIpc) is 3.04. The predicted octanol–water partition coefficient (Wildman–Crippen LogP) is 1.52. The number of ether oxygens (including phenoxy) is 2. The van der Waals surface area contributed by atoms with Gasteiger partial charge in [0.05, 0.1) is 24.7 Å². The molecule has 1 amide bonds. The van der Waals surface area contributed by atoms with E-state index in [2.05, 4.69) is 6.92 Å². The summed E-state index contributed by atoms with van der Waals surface area (Å²) in [4.78, 5) is 26.9. The number of fused-ring (bicyclic) bond motifs is 1.